The number of aromatic nitrogens is 3. The van der Waals surface area contributed by atoms with Gasteiger partial charge in [-0.15, -0.1) is 0 Å². The van der Waals surface area contributed by atoms with Gasteiger partial charge in [0.05, 0.1) is 11.1 Å². The maximum Gasteiger partial charge on any atom is 0.258 e. The molecule has 0 spiro atoms. The Hall–Kier alpha value is -5.07. The maximum absolute atomic E-state index is 14.1. The van der Waals surface area contributed by atoms with Crippen LogP contribution in [-0.4, -0.2) is 66.5 Å². The summed E-state index contributed by atoms with van der Waals surface area (Å²) < 4.78 is 33.8. The first kappa shape index (κ1) is 30.6. The predicted molar refractivity (Wildman–Crippen MR) is 178 cm³/mol. The summed E-state index contributed by atoms with van der Waals surface area (Å²) in [5.41, 5.74) is 5.32. The number of pyridine rings is 1. The molecule has 0 unspecified atom stereocenters. The summed E-state index contributed by atoms with van der Waals surface area (Å²) in [6.45, 7) is 4.90. The molecule has 5 aromatic rings. The molecule has 2 fully saturated rings. The molecule has 0 bridgehead atoms. The second kappa shape index (κ2) is 13.3. The van der Waals surface area contributed by atoms with Crippen LogP contribution in [0.1, 0.15) is 34.3 Å². The zero-order valence-electron chi connectivity index (χ0n) is 25.7. The molecule has 2 aliphatic rings. The molecule has 12 heteroatoms. The van der Waals surface area contributed by atoms with Gasteiger partial charge >= 0.3 is 0 Å². The summed E-state index contributed by atoms with van der Waals surface area (Å²) in [6, 6.07) is 16.3. The van der Waals surface area contributed by atoms with Crippen molar-refractivity contribution in [1.29, 1.82) is 0 Å². The van der Waals surface area contributed by atoms with Crippen LogP contribution in [0.3, 0.4) is 0 Å². The minimum atomic E-state index is -0.670. The van der Waals surface area contributed by atoms with Crippen LogP contribution in [0.4, 0.5) is 26.0 Å². The van der Waals surface area contributed by atoms with E-state index in [1.807, 2.05) is 30.3 Å². The third-order valence-corrected chi connectivity index (χ3v) is 8.74. The van der Waals surface area contributed by atoms with Crippen LogP contribution in [-0.2, 0) is 11.2 Å². The molecule has 0 radical (unpaired) electrons. The van der Waals surface area contributed by atoms with Crippen LogP contribution in [0.5, 0.6) is 0 Å². The molecule has 3 aromatic carbocycles. The third-order valence-electron chi connectivity index (χ3n) is 8.74. The Bertz CT molecular complexity index is 1940. The lowest BCUT2D eigenvalue weighted by atomic mass is 9.94. The number of hydrogen-bond donors (Lipinski definition) is 5. The van der Waals surface area contributed by atoms with Crippen LogP contribution in [0.2, 0.25) is 0 Å². The van der Waals surface area contributed by atoms with Crippen molar-refractivity contribution < 1.29 is 18.3 Å². The molecule has 7 rings (SSSR count). The van der Waals surface area contributed by atoms with Gasteiger partial charge in [-0.2, -0.15) is 5.10 Å². The molecule has 2 saturated heterocycles. The highest BCUT2D eigenvalue weighted by Crippen LogP contribution is 2.33. The van der Waals surface area contributed by atoms with E-state index in [2.05, 4.69) is 36.0 Å². The number of H-pyrrole nitrogens is 2. The second-order valence-electron chi connectivity index (χ2n) is 12.0. The molecule has 10 nitrogen and oxygen atoms in total. The number of rotatable bonds is 8. The van der Waals surface area contributed by atoms with Crippen molar-refractivity contribution in [2.45, 2.75) is 25.3 Å². The quantitative estimate of drug-likeness (QED) is 0.161. The van der Waals surface area contributed by atoms with Crippen LogP contribution in [0.15, 0.2) is 71.7 Å². The number of anilines is 3. The van der Waals surface area contributed by atoms with Gasteiger partial charge in [0.25, 0.3) is 5.91 Å². The van der Waals surface area contributed by atoms with Gasteiger partial charge in [-0.1, -0.05) is 0 Å². The summed E-state index contributed by atoms with van der Waals surface area (Å²) in [5.74, 6) is -1.33. The minimum absolute atomic E-state index is 0.182. The number of amides is 1. The second-order valence-corrected chi connectivity index (χ2v) is 12.0. The number of piperazine rings is 1. The van der Waals surface area contributed by atoms with Gasteiger partial charge < -0.3 is 30.6 Å². The third kappa shape index (κ3) is 6.88. The molecule has 0 aliphatic carbocycles. The summed E-state index contributed by atoms with van der Waals surface area (Å²) in [7, 11) is 0. The zero-order chi connectivity index (χ0) is 32.3. The number of ether oxygens (including phenoxy) is 1. The monoisotopic (exact) mass is 639 g/mol. The molecule has 242 valence electrons. The van der Waals surface area contributed by atoms with Crippen molar-refractivity contribution >= 4 is 34.0 Å². The van der Waals surface area contributed by atoms with Crippen LogP contribution in [0.25, 0.3) is 22.0 Å². The highest BCUT2D eigenvalue weighted by molar-refractivity contribution is 6.11. The van der Waals surface area contributed by atoms with E-state index in [1.165, 1.54) is 18.2 Å². The standard InChI is InChI=1S/C35H35F2N7O3/c36-24-14-21(15-25(37)17-24)13-23-16-30-32(19-29(23)22-1-4-33(45)39-20-22)42-43-34(30)41-35(46)28-3-2-27(44-9-7-38-8-10-44)18-31(28)40-26-5-11-47-12-6-26/h1-4,14-20,26,38,40H,5-13H2,(H,39,45)(H2,41,42,43,46). The van der Waals surface area contributed by atoms with Crippen molar-refractivity contribution in [2.24, 2.45) is 0 Å². The molecule has 2 aromatic heterocycles. The topological polar surface area (TPSA) is 127 Å². The van der Waals surface area contributed by atoms with Gasteiger partial charge in [0.15, 0.2) is 5.82 Å². The highest BCUT2D eigenvalue weighted by atomic mass is 19.1. The van der Waals surface area contributed by atoms with Gasteiger partial charge in [-0.05, 0) is 90.0 Å². The number of halogens is 2. The average molecular weight is 640 g/mol. The Labute approximate surface area is 269 Å². The molecule has 0 atom stereocenters. The average Bonchev–Trinajstić information content (AvgIpc) is 3.46. The Kier molecular flexibility index (Phi) is 8.68. The Morgan fingerprint density at radius 2 is 1.77 bits per heavy atom. The first-order valence-electron chi connectivity index (χ1n) is 15.8. The molecular weight excluding hydrogens is 604 g/mol. The molecular formula is C35H35F2N7O3. The van der Waals surface area contributed by atoms with E-state index in [0.717, 1.165) is 67.6 Å². The first-order valence-corrected chi connectivity index (χ1v) is 15.8. The zero-order valence-corrected chi connectivity index (χ0v) is 25.7. The van der Waals surface area contributed by atoms with Gasteiger partial charge in [0.1, 0.15) is 11.6 Å². The lowest BCUT2D eigenvalue weighted by molar-refractivity contribution is 0.0904. The molecule has 5 N–H and O–H groups in total. The number of benzene rings is 3. The summed E-state index contributed by atoms with van der Waals surface area (Å²) in [5, 5.41) is 18.1. The largest absolute Gasteiger partial charge is 0.381 e. The van der Waals surface area contributed by atoms with Crippen LogP contribution in [0, 0.1) is 11.6 Å². The number of fused-ring (bicyclic) bond motifs is 1. The first-order chi connectivity index (χ1) is 22.9. The van der Waals surface area contributed by atoms with E-state index in [0.29, 0.717) is 46.6 Å². The maximum atomic E-state index is 14.1. The molecule has 4 heterocycles. The summed E-state index contributed by atoms with van der Waals surface area (Å²) in [6.07, 6.45) is 3.48. The van der Waals surface area contributed by atoms with Crippen LogP contribution >= 0.6 is 0 Å². The molecule has 0 saturated carbocycles. The van der Waals surface area contributed by atoms with Crippen LogP contribution < -0.4 is 26.4 Å². The number of nitrogens with zero attached hydrogens (tertiary/aromatic N) is 2. The van der Waals surface area contributed by atoms with Gasteiger partial charge in [0, 0.05) is 80.5 Å². The number of nitrogens with one attached hydrogen (secondary N) is 5. The number of hydrogen-bond acceptors (Lipinski definition) is 7. The Morgan fingerprint density at radius 3 is 2.51 bits per heavy atom. The van der Waals surface area contributed by atoms with E-state index in [9.17, 15) is 18.4 Å². The van der Waals surface area contributed by atoms with Gasteiger partial charge in [0.2, 0.25) is 5.56 Å². The van der Waals surface area contributed by atoms with E-state index in [4.69, 9.17) is 4.74 Å². The summed E-state index contributed by atoms with van der Waals surface area (Å²) in [4.78, 5) is 30.7. The van der Waals surface area contributed by atoms with Gasteiger partial charge in [-0.3, -0.25) is 14.7 Å². The number of carbonyl (C=O) groups is 1. The van der Waals surface area contributed by atoms with Crippen molar-refractivity contribution in [3.63, 3.8) is 0 Å². The van der Waals surface area contributed by atoms with E-state index in [-0.39, 0.29) is 23.9 Å². The molecule has 2 aliphatic heterocycles. The minimum Gasteiger partial charge on any atom is -0.381 e. The SMILES string of the molecule is O=C(Nc1n[nH]c2cc(-c3ccc(=O)[nH]c3)c(Cc3cc(F)cc(F)c3)cc12)c1ccc(N2CCNCC2)cc1NC1CCOCC1. The number of carbonyl (C=O) groups excluding carboxylic acids is 1. The predicted octanol–water partition coefficient (Wildman–Crippen LogP) is 5.04. The smallest absolute Gasteiger partial charge is 0.258 e. The normalized spacial score (nSPS) is 15.6. The lowest BCUT2D eigenvalue weighted by Gasteiger charge is -2.31. The Balaban J connectivity index is 1.23. The van der Waals surface area contributed by atoms with E-state index < -0.39 is 11.6 Å². The van der Waals surface area contributed by atoms with Crippen molar-refractivity contribution in [2.75, 3.05) is 54.9 Å². The summed E-state index contributed by atoms with van der Waals surface area (Å²) >= 11 is 0. The molecule has 47 heavy (non-hydrogen) atoms. The highest BCUT2D eigenvalue weighted by Gasteiger charge is 2.22. The van der Waals surface area contributed by atoms with Crippen molar-refractivity contribution in [3.05, 3.63) is 106 Å². The van der Waals surface area contributed by atoms with E-state index >= 15 is 0 Å². The van der Waals surface area contributed by atoms with Crippen molar-refractivity contribution in [1.82, 2.24) is 20.5 Å². The van der Waals surface area contributed by atoms with E-state index in [1.54, 1.807) is 12.3 Å². The molecule has 1 amide bonds. The fourth-order valence-corrected chi connectivity index (χ4v) is 6.34. The van der Waals surface area contributed by atoms with Gasteiger partial charge in [-0.25, -0.2) is 8.78 Å². The fraction of sp³-hybridized carbons (Fsp3) is 0.286. The lowest BCUT2D eigenvalue weighted by Crippen LogP contribution is -2.43. The van der Waals surface area contributed by atoms with Crippen molar-refractivity contribution in [3.8, 4) is 11.1 Å². The number of aromatic amines is 2. The Morgan fingerprint density at radius 1 is 0.979 bits per heavy atom. The fourth-order valence-electron chi connectivity index (χ4n) is 6.34.